The van der Waals surface area contributed by atoms with Crippen LogP contribution >= 0.6 is 23.4 Å². The van der Waals surface area contributed by atoms with Crippen LogP contribution in [0.1, 0.15) is 52.2 Å². The monoisotopic (exact) mass is 460 g/mol. The molecule has 1 aliphatic carbocycles. The Labute approximate surface area is 196 Å². The molecule has 0 saturated carbocycles. The maximum Gasteiger partial charge on any atom is 0.173 e. The number of carbonyl (C=O) groups is 2. The zero-order valence-corrected chi connectivity index (χ0v) is 19.4. The number of thioether (sulfide) groups is 1. The van der Waals surface area contributed by atoms with Gasteiger partial charge in [0, 0.05) is 28.1 Å². The largest absolute Gasteiger partial charge is 0.294 e. The van der Waals surface area contributed by atoms with Gasteiger partial charge in [0.25, 0.3) is 0 Å². The third-order valence-corrected chi connectivity index (χ3v) is 6.71. The Bertz CT molecular complexity index is 1250. The number of nitrogens with zero attached hydrogens (tertiary/aromatic N) is 2. The first kappa shape index (κ1) is 22.3. The van der Waals surface area contributed by atoms with Crippen molar-refractivity contribution in [3.8, 4) is 17.2 Å². The number of halogens is 1. The van der Waals surface area contributed by atoms with Gasteiger partial charge in [0.2, 0.25) is 0 Å². The second kappa shape index (κ2) is 8.90. The van der Waals surface area contributed by atoms with E-state index in [1.54, 1.807) is 24.3 Å². The third kappa shape index (κ3) is 4.48. The molecule has 2 aromatic carbocycles. The van der Waals surface area contributed by atoms with Crippen molar-refractivity contribution in [3.05, 3.63) is 82.0 Å². The predicted octanol–water partition coefficient (Wildman–Crippen LogP) is 6.40. The molecule has 4 nitrogen and oxygen atoms in total. The Morgan fingerprint density at radius 3 is 2.44 bits per heavy atom. The first-order valence-electron chi connectivity index (χ1n) is 10.3. The molecule has 0 spiro atoms. The van der Waals surface area contributed by atoms with Crippen molar-refractivity contribution in [3.63, 3.8) is 0 Å². The SMILES string of the molecule is CC1(C)CC(=O)c2c(nc(SCC(=O)c3ccc(Cl)cc3)c(C#N)c2-c2ccccc2)C1. The summed E-state index contributed by atoms with van der Waals surface area (Å²) in [6.45, 7) is 4.10. The number of pyridine rings is 1. The summed E-state index contributed by atoms with van der Waals surface area (Å²) in [6.07, 6.45) is 1.05. The van der Waals surface area contributed by atoms with Gasteiger partial charge in [-0.3, -0.25) is 9.59 Å². The number of aromatic nitrogens is 1. The molecular formula is C26H21ClN2O2S. The highest BCUT2D eigenvalue weighted by molar-refractivity contribution is 8.00. The fourth-order valence-electron chi connectivity index (χ4n) is 4.03. The van der Waals surface area contributed by atoms with Crippen LogP contribution in [0.15, 0.2) is 59.6 Å². The summed E-state index contributed by atoms with van der Waals surface area (Å²) in [5.41, 5.74) is 3.36. The number of fused-ring (bicyclic) bond motifs is 1. The van der Waals surface area contributed by atoms with Crippen LogP contribution in [0.2, 0.25) is 5.02 Å². The Kier molecular flexibility index (Phi) is 6.19. The number of rotatable bonds is 5. The van der Waals surface area contributed by atoms with E-state index < -0.39 is 0 Å². The van der Waals surface area contributed by atoms with E-state index in [0.717, 1.165) is 5.56 Å². The molecule has 1 aliphatic rings. The number of Topliss-reactive ketones (excluding diaryl/α,β-unsaturated/α-hetero) is 2. The zero-order valence-electron chi connectivity index (χ0n) is 17.8. The van der Waals surface area contributed by atoms with Crippen LogP contribution in [0, 0.1) is 16.7 Å². The highest BCUT2D eigenvalue weighted by Gasteiger charge is 2.36. The van der Waals surface area contributed by atoms with Gasteiger partial charge in [-0.2, -0.15) is 5.26 Å². The molecule has 0 atom stereocenters. The summed E-state index contributed by atoms with van der Waals surface area (Å²) < 4.78 is 0. The maximum atomic E-state index is 13.1. The van der Waals surface area contributed by atoms with Gasteiger partial charge in [0.15, 0.2) is 11.6 Å². The quantitative estimate of drug-likeness (QED) is 0.325. The number of nitriles is 1. The van der Waals surface area contributed by atoms with E-state index in [2.05, 4.69) is 6.07 Å². The van der Waals surface area contributed by atoms with Crippen molar-refractivity contribution in [1.82, 2.24) is 4.98 Å². The molecule has 4 rings (SSSR count). The van der Waals surface area contributed by atoms with Gasteiger partial charge < -0.3 is 0 Å². The summed E-state index contributed by atoms with van der Waals surface area (Å²) in [6, 6.07) is 18.5. The van der Waals surface area contributed by atoms with Gasteiger partial charge in [-0.1, -0.05) is 67.5 Å². The van der Waals surface area contributed by atoms with Crippen molar-refractivity contribution in [2.24, 2.45) is 5.41 Å². The van der Waals surface area contributed by atoms with Gasteiger partial charge in [0.05, 0.1) is 17.0 Å². The Hall–Kier alpha value is -2.94. The van der Waals surface area contributed by atoms with Gasteiger partial charge >= 0.3 is 0 Å². The van der Waals surface area contributed by atoms with E-state index in [-0.39, 0.29) is 22.7 Å². The number of hydrogen-bond acceptors (Lipinski definition) is 5. The van der Waals surface area contributed by atoms with Crippen molar-refractivity contribution in [2.75, 3.05) is 5.75 Å². The lowest BCUT2D eigenvalue weighted by molar-refractivity contribution is 0.0909. The Balaban J connectivity index is 1.79. The van der Waals surface area contributed by atoms with Gasteiger partial charge in [0.1, 0.15) is 11.1 Å². The van der Waals surface area contributed by atoms with E-state index in [1.165, 1.54) is 11.8 Å². The normalized spacial score (nSPS) is 14.5. The standard InChI is InChI=1S/C26H21ClN2O2S/c1-26(2)12-20-24(21(30)13-26)23(17-6-4-3-5-7-17)19(14-28)25(29-20)32-15-22(31)16-8-10-18(27)11-9-16/h3-11H,12-13,15H2,1-2H3. The van der Waals surface area contributed by atoms with Crippen molar-refractivity contribution in [2.45, 2.75) is 31.7 Å². The number of ketones is 2. The van der Waals surface area contributed by atoms with Crippen molar-refractivity contribution >= 4 is 34.9 Å². The third-order valence-electron chi connectivity index (χ3n) is 5.48. The molecule has 160 valence electrons. The van der Waals surface area contributed by atoms with Crippen LogP contribution in [0.5, 0.6) is 0 Å². The minimum atomic E-state index is -0.208. The number of hydrogen-bond donors (Lipinski definition) is 0. The molecule has 0 fully saturated rings. The van der Waals surface area contributed by atoms with Crippen LogP contribution in [0.25, 0.3) is 11.1 Å². The summed E-state index contributed by atoms with van der Waals surface area (Å²) in [7, 11) is 0. The topological polar surface area (TPSA) is 70.8 Å². The van der Waals surface area contributed by atoms with E-state index >= 15 is 0 Å². The van der Waals surface area contributed by atoms with Gasteiger partial charge in [-0.15, -0.1) is 0 Å². The molecular weight excluding hydrogens is 440 g/mol. The molecule has 0 saturated heterocycles. The van der Waals surface area contributed by atoms with Crippen LogP contribution < -0.4 is 0 Å². The molecule has 1 heterocycles. The minimum Gasteiger partial charge on any atom is -0.294 e. The van der Waals surface area contributed by atoms with E-state index in [9.17, 15) is 14.9 Å². The lowest BCUT2D eigenvalue weighted by Gasteiger charge is -2.31. The smallest absolute Gasteiger partial charge is 0.173 e. The van der Waals surface area contributed by atoms with Crippen molar-refractivity contribution in [1.29, 1.82) is 5.26 Å². The van der Waals surface area contributed by atoms with E-state index in [0.29, 0.717) is 50.8 Å². The first-order valence-corrected chi connectivity index (χ1v) is 11.6. The molecule has 6 heteroatoms. The maximum absolute atomic E-state index is 13.1. The lowest BCUT2D eigenvalue weighted by Crippen LogP contribution is -2.29. The molecule has 0 aliphatic heterocycles. The highest BCUT2D eigenvalue weighted by Crippen LogP contribution is 2.42. The second-order valence-electron chi connectivity index (χ2n) is 8.63. The van der Waals surface area contributed by atoms with Crippen LogP contribution in [-0.2, 0) is 6.42 Å². The van der Waals surface area contributed by atoms with Crippen LogP contribution in [0.4, 0.5) is 0 Å². The Morgan fingerprint density at radius 2 is 1.78 bits per heavy atom. The summed E-state index contributed by atoms with van der Waals surface area (Å²) in [4.78, 5) is 30.6. The van der Waals surface area contributed by atoms with Crippen LogP contribution in [0.3, 0.4) is 0 Å². The lowest BCUT2D eigenvalue weighted by atomic mass is 9.73. The van der Waals surface area contributed by atoms with E-state index in [1.807, 2.05) is 44.2 Å². The average molecular weight is 461 g/mol. The molecule has 0 radical (unpaired) electrons. The zero-order chi connectivity index (χ0) is 22.9. The predicted molar refractivity (Wildman–Crippen MR) is 127 cm³/mol. The fraction of sp³-hybridized carbons (Fsp3) is 0.231. The first-order chi connectivity index (χ1) is 15.3. The summed E-state index contributed by atoms with van der Waals surface area (Å²) in [5.74, 6) is 0.0638. The van der Waals surface area contributed by atoms with Crippen molar-refractivity contribution < 1.29 is 9.59 Å². The highest BCUT2D eigenvalue weighted by atomic mass is 35.5. The molecule has 0 N–H and O–H groups in total. The van der Waals surface area contributed by atoms with Gasteiger partial charge in [-0.25, -0.2) is 4.98 Å². The summed E-state index contributed by atoms with van der Waals surface area (Å²) >= 11 is 7.15. The molecule has 0 unspecified atom stereocenters. The molecule has 1 aromatic heterocycles. The second-order valence-corrected chi connectivity index (χ2v) is 10.0. The average Bonchev–Trinajstić information content (AvgIpc) is 2.76. The van der Waals surface area contributed by atoms with Crippen LogP contribution in [-0.4, -0.2) is 22.3 Å². The minimum absolute atomic E-state index is 0.00731. The number of carbonyl (C=O) groups excluding carboxylic acids is 2. The molecule has 32 heavy (non-hydrogen) atoms. The van der Waals surface area contributed by atoms with E-state index in [4.69, 9.17) is 16.6 Å². The molecule has 0 amide bonds. The molecule has 3 aromatic rings. The van der Waals surface area contributed by atoms with Gasteiger partial charge in [-0.05, 0) is 41.7 Å². The molecule has 0 bridgehead atoms. The Morgan fingerprint density at radius 1 is 1.09 bits per heavy atom. The fourth-order valence-corrected chi connectivity index (χ4v) is 5.06. The summed E-state index contributed by atoms with van der Waals surface area (Å²) in [5, 5.41) is 11.1. The number of benzene rings is 2.